The van der Waals surface area contributed by atoms with Crippen molar-refractivity contribution in [2.45, 2.75) is 26.7 Å². The maximum atomic E-state index is 5.63. The predicted octanol–water partition coefficient (Wildman–Crippen LogP) is 2.22. The molecular weight excluding hydrogens is 150 g/mol. The third kappa shape index (κ3) is 4.97. The molecule has 0 fully saturated rings. The zero-order valence-electron chi connectivity index (χ0n) is 8.26. The smallest absolute Gasteiger partial charge is 0.0856 e. The summed E-state index contributed by atoms with van der Waals surface area (Å²) in [5, 5.41) is 0. The van der Waals surface area contributed by atoms with Crippen LogP contribution < -0.4 is 5.73 Å². The molecular formula is C10H19NO. The Morgan fingerprint density at radius 2 is 1.83 bits per heavy atom. The summed E-state index contributed by atoms with van der Waals surface area (Å²) in [4.78, 5) is 0. The predicted molar refractivity (Wildman–Crippen MR) is 52.8 cm³/mol. The summed E-state index contributed by atoms with van der Waals surface area (Å²) in [5.41, 5.74) is 7.82. The van der Waals surface area contributed by atoms with Gasteiger partial charge in [0.05, 0.1) is 6.61 Å². The molecule has 0 aromatic rings. The highest BCUT2D eigenvalue weighted by atomic mass is 16.5. The van der Waals surface area contributed by atoms with E-state index in [0.29, 0.717) is 6.61 Å². The third-order valence-corrected chi connectivity index (χ3v) is 1.75. The van der Waals surface area contributed by atoms with Gasteiger partial charge in [-0.1, -0.05) is 25.5 Å². The number of ether oxygens (including phenoxy) is 1. The Hall–Kier alpha value is -0.760. The molecule has 0 amide bonds. The van der Waals surface area contributed by atoms with E-state index in [2.05, 4.69) is 19.9 Å². The first kappa shape index (κ1) is 11.2. The van der Waals surface area contributed by atoms with Crippen LogP contribution in [0.5, 0.6) is 0 Å². The fourth-order valence-corrected chi connectivity index (χ4v) is 0.925. The number of rotatable bonds is 5. The van der Waals surface area contributed by atoms with E-state index in [1.807, 2.05) is 6.08 Å². The van der Waals surface area contributed by atoms with Gasteiger partial charge in [0, 0.05) is 12.8 Å². The maximum absolute atomic E-state index is 5.63. The molecule has 2 nitrogen and oxygen atoms in total. The molecule has 0 spiro atoms. The quantitative estimate of drug-likeness (QED) is 0.640. The molecule has 0 aromatic heterocycles. The lowest BCUT2D eigenvalue weighted by molar-refractivity contribution is 0.225. The van der Waals surface area contributed by atoms with Crippen molar-refractivity contribution in [3.05, 3.63) is 23.4 Å². The van der Waals surface area contributed by atoms with E-state index in [-0.39, 0.29) is 0 Å². The summed E-state index contributed by atoms with van der Waals surface area (Å²) in [5.74, 6) is 0. The maximum Gasteiger partial charge on any atom is 0.0856 e. The van der Waals surface area contributed by atoms with Crippen LogP contribution in [0.2, 0.25) is 0 Å². The highest BCUT2D eigenvalue weighted by Crippen LogP contribution is 2.05. The van der Waals surface area contributed by atoms with Crippen molar-refractivity contribution in [1.29, 1.82) is 0 Å². The summed E-state index contributed by atoms with van der Waals surface area (Å²) >= 11 is 0. The van der Waals surface area contributed by atoms with Crippen molar-refractivity contribution < 1.29 is 4.74 Å². The molecule has 0 bridgehead atoms. The molecule has 2 heteroatoms. The van der Waals surface area contributed by atoms with Crippen LogP contribution in [-0.4, -0.2) is 13.7 Å². The molecule has 0 aliphatic carbocycles. The first-order valence-corrected chi connectivity index (χ1v) is 4.37. The first-order valence-electron chi connectivity index (χ1n) is 4.37. The van der Waals surface area contributed by atoms with Gasteiger partial charge in [-0.05, 0) is 18.9 Å². The minimum absolute atomic E-state index is 0.511. The van der Waals surface area contributed by atoms with Gasteiger partial charge >= 0.3 is 0 Å². The molecule has 0 saturated heterocycles. The van der Waals surface area contributed by atoms with Crippen LogP contribution >= 0.6 is 0 Å². The zero-order valence-corrected chi connectivity index (χ0v) is 8.26. The standard InChI is InChI=1S/C10H19NO/c1-4-9(5-2)6-7-10(11)8-12-3/h6-7H,4-5,8,11H2,1-3H3/b10-7+. The molecule has 2 N–H and O–H groups in total. The van der Waals surface area contributed by atoms with E-state index in [1.165, 1.54) is 5.57 Å². The Bertz CT molecular complexity index is 165. The van der Waals surface area contributed by atoms with Gasteiger partial charge in [0.15, 0.2) is 0 Å². The Morgan fingerprint density at radius 3 is 2.25 bits per heavy atom. The molecule has 0 heterocycles. The average Bonchev–Trinajstić information content (AvgIpc) is 2.07. The Balaban J connectivity index is 4.04. The molecule has 0 aliphatic rings. The highest BCUT2D eigenvalue weighted by Gasteiger charge is 1.88. The van der Waals surface area contributed by atoms with Gasteiger partial charge in [-0.3, -0.25) is 0 Å². The van der Waals surface area contributed by atoms with Gasteiger partial charge < -0.3 is 10.5 Å². The largest absolute Gasteiger partial charge is 0.400 e. The van der Waals surface area contributed by atoms with E-state index in [9.17, 15) is 0 Å². The zero-order chi connectivity index (χ0) is 9.40. The van der Waals surface area contributed by atoms with Gasteiger partial charge in [-0.15, -0.1) is 0 Å². The average molecular weight is 169 g/mol. The van der Waals surface area contributed by atoms with Gasteiger partial charge in [-0.2, -0.15) is 0 Å². The van der Waals surface area contributed by atoms with E-state index in [4.69, 9.17) is 10.5 Å². The van der Waals surface area contributed by atoms with Crippen molar-refractivity contribution in [3.8, 4) is 0 Å². The molecule has 0 aliphatic heterocycles. The van der Waals surface area contributed by atoms with Gasteiger partial charge in [0.25, 0.3) is 0 Å². The molecule has 0 radical (unpaired) electrons. The SMILES string of the molecule is CCC(=C/C=C(/N)COC)CC. The lowest BCUT2D eigenvalue weighted by Crippen LogP contribution is -2.03. The lowest BCUT2D eigenvalue weighted by atomic mass is 10.1. The van der Waals surface area contributed by atoms with Crippen LogP contribution in [0.3, 0.4) is 0 Å². The van der Waals surface area contributed by atoms with Crippen LogP contribution in [0.15, 0.2) is 23.4 Å². The monoisotopic (exact) mass is 169 g/mol. The summed E-state index contributed by atoms with van der Waals surface area (Å²) in [6, 6.07) is 0. The van der Waals surface area contributed by atoms with Gasteiger partial charge in [0.2, 0.25) is 0 Å². The third-order valence-electron chi connectivity index (χ3n) is 1.75. The number of methoxy groups -OCH3 is 1. The van der Waals surface area contributed by atoms with E-state index < -0.39 is 0 Å². The molecule has 0 rings (SSSR count). The first-order chi connectivity index (χ1) is 5.74. The molecule has 0 atom stereocenters. The van der Waals surface area contributed by atoms with Crippen molar-refractivity contribution in [2.75, 3.05) is 13.7 Å². The minimum atomic E-state index is 0.511. The fourth-order valence-electron chi connectivity index (χ4n) is 0.925. The normalized spacial score (nSPS) is 11.4. The summed E-state index contributed by atoms with van der Waals surface area (Å²) in [6.45, 7) is 4.81. The Labute approximate surface area is 75.1 Å². The van der Waals surface area contributed by atoms with Crippen molar-refractivity contribution >= 4 is 0 Å². The molecule has 12 heavy (non-hydrogen) atoms. The van der Waals surface area contributed by atoms with Crippen LogP contribution in [0.4, 0.5) is 0 Å². The van der Waals surface area contributed by atoms with E-state index in [0.717, 1.165) is 18.5 Å². The van der Waals surface area contributed by atoms with Crippen LogP contribution in [0.1, 0.15) is 26.7 Å². The number of nitrogens with two attached hydrogens (primary N) is 1. The Morgan fingerprint density at radius 1 is 1.25 bits per heavy atom. The molecule has 0 unspecified atom stereocenters. The van der Waals surface area contributed by atoms with Crippen LogP contribution in [0.25, 0.3) is 0 Å². The number of hydrogen-bond acceptors (Lipinski definition) is 2. The second kappa shape index (κ2) is 6.92. The number of hydrogen-bond donors (Lipinski definition) is 1. The van der Waals surface area contributed by atoms with E-state index in [1.54, 1.807) is 7.11 Å². The second-order valence-corrected chi connectivity index (χ2v) is 2.71. The topological polar surface area (TPSA) is 35.2 Å². The van der Waals surface area contributed by atoms with Crippen molar-refractivity contribution in [3.63, 3.8) is 0 Å². The van der Waals surface area contributed by atoms with Crippen LogP contribution in [-0.2, 0) is 4.74 Å². The summed E-state index contributed by atoms with van der Waals surface area (Å²) < 4.78 is 4.88. The summed E-state index contributed by atoms with van der Waals surface area (Å²) in [6.07, 6.45) is 6.18. The molecule has 70 valence electrons. The minimum Gasteiger partial charge on any atom is -0.400 e. The van der Waals surface area contributed by atoms with Gasteiger partial charge in [0.1, 0.15) is 0 Å². The number of allylic oxidation sites excluding steroid dienone is 3. The van der Waals surface area contributed by atoms with Gasteiger partial charge in [-0.25, -0.2) is 0 Å². The molecule has 0 aromatic carbocycles. The fraction of sp³-hybridized carbons (Fsp3) is 0.600. The highest BCUT2D eigenvalue weighted by molar-refractivity contribution is 5.15. The molecule has 0 saturated carbocycles. The van der Waals surface area contributed by atoms with Crippen molar-refractivity contribution in [2.24, 2.45) is 5.73 Å². The summed E-state index contributed by atoms with van der Waals surface area (Å²) in [7, 11) is 1.64. The second-order valence-electron chi connectivity index (χ2n) is 2.71. The van der Waals surface area contributed by atoms with Crippen molar-refractivity contribution in [1.82, 2.24) is 0 Å². The lowest BCUT2D eigenvalue weighted by Gasteiger charge is -1.99. The van der Waals surface area contributed by atoms with E-state index >= 15 is 0 Å². The Kier molecular flexibility index (Phi) is 6.48. The van der Waals surface area contributed by atoms with Crippen LogP contribution in [0, 0.1) is 0 Å².